The fraction of sp³-hybridized carbons (Fsp3) is 0.0417. The molecule has 3 aromatic heterocycles. The van der Waals surface area contributed by atoms with Gasteiger partial charge in [-0.05, 0) is 31.2 Å². The van der Waals surface area contributed by atoms with Gasteiger partial charge in [0.1, 0.15) is 5.82 Å². The fourth-order valence-electron chi connectivity index (χ4n) is 3.23. The number of aryl methyl sites for hydroxylation is 1. The minimum atomic E-state index is 0.599. The van der Waals surface area contributed by atoms with Crippen LogP contribution in [0, 0.1) is 6.92 Å². The van der Waals surface area contributed by atoms with Crippen LogP contribution in [-0.4, -0.2) is 34.9 Å². The molecule has 0 amide bonds. The summed E-state index contributed by atoms with van der Waals surface area (Å²) in [4.78, 5) is 31.2. The Labute approximate surface area is 179 Å². The molecule has 148 valence electrons. The highest BCUT2D eigenvalue weighted by Crippen LogP contribution is 2.26. The summed E-state index contributed by atoms with van der Waals surface area (Å²) in [5.74, 6) is 3.16. The second-order valence-corrected chi connectivity index (χ2v) is 6.84. The molecule has 0 spiro atoms. The molecule has 5 rings (SSSR count). The van der Waals surface area contributed by atoms with Crippen LogP contribution in [-0.2, 0) is 0 Å². The number of nitrogens with zero attached hydrogens (tertiary/aromatic N) is 7. The lowest BCUT2D eigenvalue weighted by Crippen LogP contribution is -2.00. The number of rotatable bonds is 4. The maximum absolute atomic E-state index is 4.74. The van der Waals surface area contributed by atoms with Gasteiger partial charge < -0.3 is 0 Å². The van der Waals surface area contributed by atoms with Crippen LogP contribution in [0.3, 0.4) is 0 Å². The van der Waals surface area contributed by atoms with Gasteiger partial charge in [0, 0.05) is 47.0 Å². The average molecular weight is 403 g/mol. The van der Waals surface area contributed by atoms with E-state index in [1.54, 1.807) is 36.9 Å². The molecular formula is C24H17N7. The normalized spacial score (nSPS) is 10.7. The first-order valence-corrected chi connectivity index (χ1v) is 9.74. The Morgan fingerprint density at radius 1 is 0.452 bits per heavy atom. The SMILES string of the molecule is Cc1nc(-c2cccc(-c3ncccn3)c2)nc(-c2cccc(-c3ncccn3)c2)n1. The van der Waals surface area contributed by atoms with Crippen molar-refractivity contribution in [3.05, 3.63) is 91.3 Å². The van der Waals surface area contributed by atoms with Gasteiger partial charge in [-0.1, -0.05) is 36.4 Å². The van der Waals surface area contributed by atoms with E-state index in [1.807, 2.05) is 55.5 Å². The number of aromatic nitrogens is 7. The van der Waals surface area contributed by atoms with Gasteiger partial charge in [-0.3, -0.25) is 0 Å². The Kier molecular flexibility index (Phi) is 4.90. The molecule has 0 saturated heterocycles. The quantitative estimate of drug-likeness (QED) is 0.438. The van der Waals surface area contributed by atoms with E-state index < -0.39 is 0 Å². The molecule has 5 aromatic rings. The molecule has 0 atom stereocenters. The summed E-state index contributed by atoms with van der Waals surface area (Å²) in [7, 11) is 0. The van der Waals surface area contributed by atoms with E-state index in [0.717, 1.165) is 22.3 Å². The van der Waals surface area contributed by atoms with Crippen molar-refractivity contribution in [2.75, 3.05) is 0 Å². The molecule has 0 unspecified atom stereocenters. The third-order valence-corrected chi connectivity index (χ3v) is 4.64. The average Bonchev–Trinajstić information content (AvgIpc) is 2.85. The predicted molar refractivity (Wildman–Crippen MR) is 117 cm³/mol. The summed E-state index contributed by atoms with van der Waals surface area (Å²) in [6, 6.07) is 19.4. The third-order valence-electron chi connectivity index (χ3n) is 4.64. The molecule has 0 aliphatic carbocycles. The summed E-state index contributed by atoms with van der Waals surface area (Å²) in [6.45, 7) is 1.86. The molecule has 0 aliphatic rings. The second kappa shape index (κ2) is 8.16. The van der Waals surface area contributed by atoms with Crippen molar-refractivity contribution < 1.29 is 0 Å². The Balaban J connectivity index is 1.56. The molecule has 0 bridgehead atoms. The van der Waals surface area contributed by atoms with Crippen LogP contribution in [0.2, 0.25) is 0 Å². The zero-order chi connectivity index (χ0) is 21.0. The Morgan fingerprint density at radius 3 is 1.26 bits per heavy atom. The summed E-state index contributed by atoms with van der Waals surface area (Å²) >= 11 is 0. The standard InChI is InChI=1S/C24H17N7/c1-16-29-23(19-8-2-6-17(14-19)21-25-10-4-11-26-21)31-24(30-16)20-9-3-7-18(15-20)22-27-12-5-13-28-22/h2-15H,1H3. The van der Waals surface area contributed by atoms with E-state index in [4.69, 9.17) is 4.98 Å². The Hall–Kier alpha value is -4.39. The summed E-state index contributed by atoms with van der Waals surface area (Å²) < 4.78 is 0. The molecule has 7 heteroatoms. The smallest absolute Gasteiger partial charge is 0.163 e. The molecule has 0 radical (unpaired) electrons. The number of hydrogen-bond donors (Lipinski definition) is 0. The number of hydrogen-bond acceptors (Lipinski definition) is 7. The van der Waals surface area contributed by atoms with Crippen LogP contribution in [0.4, 0.5) is 0 Å². The monoisotopic (exact) mass is 403 g/mol. The first-order valence-electron chi connectivity index (χ1n) is 9.74. The highest BCUT2D eigenvalue weighted by atomic mass is 15.0. The molecular weight excluding hydrogens is 386 g/mol. The highest BCUT2D eigenvalue weighted by molar-refractivity contribution is 5.69. The van der Waals surface area contributed by atoms with Gasteiger partial charge in [-0.25, -0.2) is 34.9 Å². The summed E-state index contributed by atoms with van der Waals surface area (Å²) in [5.41, 5.74) is 3.56. The summed E-state index contributed by atoms with van der Waals surface area (Å²) in [5, 5.41) is 0. The molecule has 0 fully saturated rings. The zero-order valence-electron chi connectivity index (χ0n) is 16.7. The van der Waals surface area contributed by atoms with Crippen LogP contribution in [0.25, 0.3) is 45.6 Å². The van der Waals surface area contributed by atoms with Gasteiger partial charge in [0.25, 0.3) is 0 Å². The van der Waals surface area contributed by atoms with E-state index in [-0.39, 0.29) is 0 Å². The van der Waals surface area contributed by atoms with Crippen molar-refractivity contribution in [2.45, 2.75) is 6.92 Å². The predicted octanol–water partition coefficient (Wildman–Crippen LogP) is 4.43. The first kappa shape index (κ1) is 18.6. The van der Waals surface area contributed by atoms with E-state index in [9.17, 15) is 0 Å². The molecule has 7 nitrogen and oxygen atoms in total. The van der Waals surface area contributed by atoms with Crippen molar-refractivity contribution in [3.63, 3.8) is 0 Å². The van der Waals surface area contributed by atoms with E-state index >= 15 is 0 Å². The van der Waals surface area contributed by atoms with Gasteiger partial charge in [-0.2, -0.15) is 0 Å². The van der Waals surface area contributed by atoms with Crippen LogP contribution in [0.1, 0.15) is 5.82 Å². The lowest BCUT2D eigenvalue weighted by molar-refractivity contribution is 0.992. The van der Waals surface area contributed by atoms with Crippen LogP contribution < -0.4 is 0 Å². The second-order valence-electron chi connectivity index (χ2n) is 6.84. The van der Waals surface area contributed by atoms with Gasteiger partial charge in [0.15, 0.2) is 23.3 Å². The van der Waals surface area contributed by atoms with Crippen molar-refractivity contribution in [1.29, 1.82) is 0 Å². The van der Waals surface area contributed by atoms with E-state index in [1.165, 1.54) is 0 Å². The van der Waals surface area contributed by atoms with Gasteiger partial charge in [-0.15, -0.1) is 0 Å². The molecule has 0 aliphatic heterocycles. The molecule has 2 aromatic carbocycles. The van der Waals surface area contributed by atoms with Crippen LogP contribution in [0.15, 0.2) is 85.5 Å². The summed E-state index contributed by atoms with van der Waals surface area (Å²) in [6.07, 6.45) is 6.90. The molecule has 3 heterocycles. The van der Waals surface area contributed by atoms with Crippen LogP contribution >= 0.6 is 0 Å². The van der Waals surface area contributed by atoms with Crippen LogP contribution in [0.5, 0.6) is 0 Å². The van der Waals surface area contributed by atoms with Gasteiger partial charge in [0.2, 0.25) is 0 Å². The van der Waals surface area contributed by atoms with Crippen molar-refractivity contribution >= 4 is 0 Å². The number of benzene rings is 2. The zero-order valence-corrected chi connectivity index (χ0v) is 16.7. The lowest BCUT2D eigenvalue weighted by Gasteiger charge is -2.08. The van der Waals surface area contributed by atoms with Crippen molar-refractivity contribution in [2.24, 2.45) is 0 Å². The maximum Gasteiger partial charge on any atom is 0.163 e. The van der Waals surface area contributed by atoms with E-state index in [0.29, 0.717) is 29.1 Å². The first-order chi connectivity index (χ1) is 15.3. The van der Waals surface area contributed by atoms with Crippen molar-refractivity contribution in [1.82, 2.24) is 34.9 Å². The van der Waals surface area contributed by atoms with Gasteiger partial charge >= 0.3 is 0 Å². The highest BCUT2D eigenvalue weighted by Gasteiger charge is 2.11. The largest absolute Gasteiger partial charge is 0.237 e. The third kappa shape index (κ3) is 4.02. The molecule has 0 N–H and O–H groups in total. The van der Waals surface area contributed by atoms with E-state index in [2.05, 4.69) is 29.9 Å². The minimum Gasteiger partial charge on any atom is -0.237 e. The molecule has 0 saturated carbocycles. The lowest BCUT2D eigenvalue weighted by atomic mass is 10.1. The maximum atomic E-state index is 4.74. The van der Waals surface area contributed by atoms with Crippen molar-refractivity contribution in [3.8, 4) is 45.6 Å². The minimum absolute atomic E-state index is 0.599. The Morgan fingerprint density at radius 2 is 0.839 bits per heavy atom. The molecule has 31 heavy (non-hydrogen) atoms. The fourth-order valence-corrected chi connectivity index (χ4v) is 3.23. The topological polar surface area (TPSA) is 90.2 Å². The van der Waals surface area contributed by atoms with Gasteiger partial charge in [0.05, 0.1) is 0 Å². The Bertz CT molecular complexity index is 1240.